The van der Waals surface area contributed by atoms with Gasteiger partial charge in [-0.2, -0.15) is 0 Å². The number of aliphatic hydroxyl groups excluding tert-OH is 3. The van der Waals surface area contributed by atoms with Crippen molar-refractivity contribution in [2.24, 2.45) is 11.3 Å². The molecule has 3 aliphatic rings. The molecule has 0 aromatic carbocycles. The van der Waals surface area contributed by atoms with Gasteiger partial charge < -0.3 is 24.5 Å². The van der Waals surface area contributed by atoms with Crippen molar-refractivity contribution in [3.8, 4) is 0 Å². The third-order valence-corrected chi connectivity index (χ3v) is 6.69. The molecule has 3 N–H and O–H groups in total. The minimum atomic E-state index is -1.53. The summed E-state index contributed by atoms with van der Waals surface area (Å²) in [6.07, 6.45) is -4.02. The van der Waals surface area contributed by atoms with E-state index in [1.807, 2.05) is 6.92 Å². The van der Waals surface area contributed by atoms with Gasteiger partial charge in [0, 0.05) is 30.2 Å². The van der Waals surface area contributed by atoms with Crippen LogP contribution in [0.5, 0.6) is 0 Å². The van der Waals surface area contributed by atoms with E-state index >= 15 is 0 Å². The molecule has 0 radical (unpaired) electrons. The molecule has 2 aliphatic carbocycles. The Morgan fingerprint density at radius 1 is 1.16 bits per heavy atom. The molecule has 0 bridgehead atoms. The van der Waals surface area contributed by atoms with E-state index in [2.05, 4.69) is 0 Å². The maximum absolute atomic E-state index is 12.6. The quantitative estimate of drug-likeness (QED) is 0.593. The average Bonchev–Trinajstić information content (AvgIpc) is 2.84. The monoisotopic (exact) mass is 350 g/mol. The molecular formula is C18H22O7. The van der Waals surface area contributed by atoms with Crippen LogP contribution >= 0.6 is 0 Å². The third-order valence-electron chi connectivity index (χ3n) is 6.69. The number of hydrogen-bond acceptors (Lipinski definition) is 7. The van der Waals surface area contributed by atoms with Crippen molar-refractivity contribution in [2.75, 3.05) is 0 Å². The van der Waals surface area contributed by atoms with Crippen molar-refractivity contribution in [2.45, 2.75) is 63.4 Å². The topological polar surface area (TPSA) is 117 Å². The summed E-state index contributed by atoms with van der Waals surface area (Å²) in [5, 5.41) is 31.9. The largest absolute Gasteiger partial charge is 0.461 e. The highest BCUT2D eigenvalue weighted by molar-refractivity contribution is 5.82. The second-order valence-electron chi connectivity index (χ2n) is 7.81. The van der Waals surface area contributed by atoms with Gasteiger partial charge >= 0.3 is 11.6 Å². The number of hydrogen-bond donors (Lipinski definition) is 3. The molecule has 1 saturated heterocycles. The maximum atomic E-state index is 12.6. The first-order valence-corrected chi connectivity index (χ1v) is 8.59. The Labute approximate surface area is 144 Å². The van der Waals surface area contributed by atoms with E-state index < -0.39 is 52.8 Å². The highest BCUT2D eigenvalue weighted by Gasteiger charge is 2.73. The fourth-order valence-electron chi connectivity index (χ4n) is 5.47. The summed E-state index contributed by atoms with van der Waals surface area (Å²) in [5.74, 6) is -0.642. The van der Waals surface area contributed by atoms with Crippen LogP contribution < -0.4 is 5.63 Å². The Balaban J connectivity index is 2.04. The molecule has 7 nitrogen and oxygen atoms in total. The van der Waals surface area contributed by atoms with Crippen LogP contribution in [0, 0.1) is 11.3 Å². The first-order valence-electron chi connectivity index (χ1n) is 8.59. The van der Waals surface area contributed by atoms with Gasteiger partial charge in [0.2, 0.25) is 0 Å². The highest BCUT2D eigenvalue weighted by atomic mass is 16.6. The van der Waals surface area contributed by atoms with Crippen LogP contribution in [0.4, 0.5) is 0 Å². The standard InChI is InChI=1S/C18H22O7/c1-4-9-7-5-10-13-17(2,8(7)6-11(19)24-9)14(21)12(20)15(22)18(13,3)16(23)25-10/h6,10,12-15,20-22H,4-5H2,1-3H3. The number of aliphatic hydroxyl groups is 3. The Hall–Kier alpha value is -1.70. The van der Waals surface area contributed by atoms with E-state index in [0.29, 0.717) is 24.2 Å². The Bertz CT molecular complexity index is 814. The molecule has 136 valence electrons. The van der Waals surface area contributed by atoms with E-state index in [1.165, 1.54) is 6.07 Å². The molecule has 4 rings (SSSR count). The van der Waals surface area contributed by atoms with Gasteiger partial charge in [-0.05, 0) is 18.1 Å². The lowest BCUT2D eigenvalue weighted by molar-refractivity contribution is -0.197. The van der Waals surface area contributed by atoms with Crippen molar-refractivity contribution in [1.29, 1.82) is 0 Å². The molecule has 25 heavy (non-hydrogen) atoms. The summed E-state index contributed by atoms with van der Waals surface area (Å²) in [5.41, 5.74) is -1.68. The third kappa shape index (κ3) is 1.76. The molecule has 2 fully saturated rings. The lowest BCUT2D eigenvalue weighted by Crippen LogP contribution is -2.69. The van der Waals surface area contributed by atoms with E-state index in [4.69, 9.17) is 9.15 Å². The molecule has 2 heterocycles. The molecular weight excluding hydrogens is 328 g/mol. The van der Waals surface area contributed by atoms with Gasteiger partial charge in [0.1, 0.15) is 23.4 Å². The van der Waals surface area contributed by atoms with E-state index in [9.17, 15) is 24.9 Å². The summed E-state index contributed by atoms with van der Waals surface area (Å²) in [6.45, 7) is 5.14. The molecule has 7 heteroatoms. The minimum Gasteiger partial charge on any atom is -0.461 e. The van der Waals surface area contributed by atoms with Gasteiger partial charge in [0.05, 0.1) is 12.2 Å². The number of ether oxygens (including phenoxy) is 1. The summed E-state index contributed by atoms with van der Waals surface area (Å²) in [4.78, 5) is 24.6. The van der Waals surface area contributed by atoms with Crippen LogP contribution in [0.1, 0.15) is 37.7 Å². The maximum Gasteiger partial charge on any atom is 0.336 e. The Morgan fingerprint density at radius 2 is 1.80 bits per heavy atom. The molecule has 1 aliphatic heterocycles. The van der Waals surface area contributed by atoms with Gasteiger partial charge in [-0.15, -0.1) is 0 Å². The van der Waals surface area contributed by atoms with E-state index in [1.54, 1.807) is 13.8 Å². The number of rotatable bonds is 1. The van der Waals surface area contributed by atoms with E-state index in [0.717, 1.165) is 5.56 Å². The number of fused-ring (bicyclic) bond motifs is 2. The van der Waals surface area contributed by atoms with Crippen LogP contribution in [-0.2, 0) is 27.8 Å². The molecule has 1 saturated carbocycles. The zero-order valence-corrected chi connectivity index (χ0v) is 14.4. The van der Waals surface area contributed by atoms with Crippen molar-refractivity contribution < 1.29 is 29.3 Å². The number of carbonyl (C=O) groups excluding carboxylic acids is 1. The fraction of sp³-hybridized carbons (Fsp3) is 0.667. The summed E-state index contributed by atoms with van der Waals surface area (Å²) < 4.78 is 10.9. The van der Waals surface area contributed by atoms with Crippen molar-refractivity contribution in [3.05, 3.63) is 33.4 Å². The second kappa shape index (κ2) is 4.93. The van der Waals surface area contributed by atoms with Gasteiger partial charge in [-0.3, -0.25) is 4.79 Å². The average molecular weight is 350 g/mol. The number of carbonyl (C=O) groups is 1. The zero-order valence-electron chi connectivity index (χ0n) is 14.4. The fourth-order valence-corrected chi connectivity index (χ4v) is 5.47. The van der Waals surface area contributed by atoms with Gasteiger partial charge in [0.25, 0.3) is 0 Å². The van der Waals surface area contributed by atoms with Gasteiger partial charge in [0.15, 0.2) is 0 Å². The number of esters is 1. The molecule has 1 aromatic rings. The highest BCUT2D eigenvalue weighted by Crippen LogP contribution is 2.61. The second-order valence-corrected chi connectivity index (χ2v) is 7.81. The minimum absolute atomic E-state index is 0.361. The Morgan fingerprint density at radius 3 is 2.44 bits per heavy atom. The van der Waals surface area contributed by atoms with Crippen LogP contribution in [0.25, 0.3) is 0 Å². The lowest BCUT2D eigenvalue weighted by Gasteiger charge is -2.56. The molecule has 0 amide bonds. The van der Waals surface area contributed by atoms with Crippen LogP contribution in [0.3, 0.4) is 0 Å². The van der Waals surface area contributed by atoms with Crippen LogP contribution in [-0.4, -0.2) is 45.7 Å². The predicted octanol–water partition coefficient (Wildman–Crippen LogP) is -0.340. The zero-order chi connectivity index (χ0) is 18.3. The van der Waals surface area contributed by atoms with Crippen LogP contribution in [0.15, 0.2) is 15.3 Å². The van der Waals surface area contributed by atoms with Gasteiger partial charge in [-0.25, -0.2) is 4.79 Å². The summed E-state index contributed by atoms with van der Waals surface area (Å²) in [6, 6.07) is 1.33. The molecule has 7 atom stereocenters. The normalized spacial score (nSPS) is 44.9. The lowest BCUT2D eigenvalue weighted by atomic mass is 9.47. The molecule has 7 unspecified atom stereocenters. The first-order chi connectivity index (χ1) is 11.7. The van der Waals surface area contributed by atoms with E-state index in [-0.39, 0.29) is 0 Å². The van der Waals surface area contributed by atoms with Crippen molar-refractivity contribution in [1.82, 2.24) is 0 Å². The van der Waals surface area contributed by atoms with Crippen molar-refractivity contribution in [3.63, 3.8) is 0 Å². The molecule has 1 aromatic heterocycles. The van der Waals surface area contributed by atoms with Gasteiger partial charge in [-0.1, -0.05) is 13.8 Å². The predicted molar refractivity (Wildman–Crippen MR) is 84.9 cm³/mol. The first kappa shape index (κ1) is 16.8. The smallest absolute Gasteiger partial charge is 0.336 e. The SMILES string of the molecule is CCc1oc(=O)cc2c1CC1OC(=O)C3(C)C(O)C(O)C(O)C2(C)C13. The Kier molecular flexibility index (Phi) is 3.30. The van der Waals surface area contributed by atoms with Crippen LogP contribution in [0.2, 0.25) is 0 Å². The summed E-state index contributed by atoms with van der Waals surface area (Å²) in [7, 11) is 0. The summed E-state index contributed by atoms with van der Waals surface area (Å²) >= 11 is 0. The van der Waals surface area contributed by atoms with Crippen molar-refractivity contribution >= 4 is 5.97 Å². The molecule has 0 spiro atoms. The number of aryl methyl sites for hydroxylation is 1.